The standard InChI is InChI=1S/C12H19N5O4/c1-7-8(6-17(2)16-7)5-14-12(21)15-9(11(19)20)3-4-10(13)18/h6,9H,3-5H2,1-2H3,(H2,13,18)(H,19,20)(H2,14,15,21)/t9-/m0/s1. The van der Waals surface area contributed by atoms with Gasteiger partial charge in [0.1, 0.15) is 6.04 Å². The Hall–Kier alpha value is -2.58. The third kappa shape index (κ3) is 5.51. The Morgan fingerprint density at radius 3 is 2.62 bits per heavy atom. The zero-order valence-electron chi connectivity index (χ0n) is 11.9. The number of rotatable bonds is 7. The van der Waals surface area contributed by atoms with Crippen LogP contribution < -0.4 is 16.4 Å². The highest BCUT2D eigenvalue weighted by Gasteiger charge is 2.20. The van der Waals surface area contributed by atoms with Gasteiger partial charge in [-0.15, -0.1) is 0 Å². The molecule has 116 valence electrons. The quantitative estimate of drug-likeness (QED) is 0.524. The van der Waals surface area contributed by atoms with Crippen LogP contribution in [0.1, 0.15) is 24.1 Å². The smallest absolute Gasteiger partial charge is 0.326 e. The molecule has 1 aromatic heterocycles. The number of nitrogens with zero attached hydrogens (tertiary/aromatic N) is 2. The van der Waals surface area contributed by atoms with Crippen LogP contribution in [0.3, 0.4) is 0 Å². The van der Waals surface area contributed by atoms with Crippen molar-refractivity contribution in [3.63, 3.8) is 0 Å². The van der Waals surface area contributed by atoms with E-state index in [9.17, 15) is 14.4 Å². The normalized spacial score (nSPS) is 11.7. The van der Waals surface area contributed by atoms with Crippen LogP contribution in [0.2, 0.25) is 0 Å². The number of nitrogens with two attached hydrogens (primary N) is 1. The summed E-state index contributed by atoms with van der Waals surface area (Å²) in [5.41, 5.74) is 6.57. The zero-order valence-corrected chi connectivity index (χ0v) is 11.9. The van der Waals surface area contributed by atoms with Gasteiger partial charge in [0.05, 0.1) is 5.69 Å². The van der Waals surface area contributed by atoms with Crippen molar-refractivity contribution in [2.24, 2.45) is 12.8 Å². The summed E-state index contributed by atoms with van der Waals surface area (Å²) < 4.78 is 1.62. The summed E-state index contributed by atoms with van der Waals surface area (Å²) in [6, 6.07) is -1.79. The van der Waals surface area contributed by atoms with Crippen molar-refractivity contribution in [3.05, 3.63) is 17.5 Å². The predicted octanol–water partition coefficient (Wildman–Crippen LogP) is -0.754. The highest BCUT2D eigenvalue weighted by atomic mass is 16.4. The number of nitrogens with one attached hydrogen (secondary N) is 2. The first-order valence-corrected chi connectivity index (χ1v) is 6.34. The molecule has 0 unspecified atom stereocenters. The molecule has 0 aliphatic heterocycles. The van der Waals surface area contributed by atoms with E-state index in [1.165, 1.54) is 0 Å². The lowest BCUT2D eigenvalue weighted by Crippen LogP contribution is -2.46. The van der Waals surface area contributed by atoms with Crippen LogP contribution in [-0.4, -0.2) is 38.8 Å². The Kier molecular flexibility index (Phi) is 5.70. The molecule has 1 aromatic rings. The van der Waals surface area contributed by atoms with Crippen molar-refractivity contribution in [2.45, 2.75) is 32.4 Å². The van der Waals surface area contributed by atoms with Gasteiger partial charge in [-0.2, -0.15) is 5.10 Å². The van der Waals surface area contributed by atoms with Crippen LogP contribution >= 0.6 is 0 Å². The molecule has 0 radical (unpaired) electrons. The van der Waals surface area contributed by atoms with Crippen molar-refractivity contribution in [1.82, 2.24) is 20.4 Å². The molecule has 0 aromatic carbocycles. The summed E-state index contributed by atoms with van der Waals surface area (Å²) in [5, 5.41) is 17.9. The molecule has 21 heavy (non-hydrogen) atoms. The molecule has 0 aliphatic carbocycles. The van der Waals surface area contributed by atoms with Crippen LogP contribution in [0, 0.1) is 6.92 Å². The van der Waals surface area contributed by atoms with E-state index in [4.69, 9.17) is 10.8 Å². The summed E-state index contributed by atoms with van der Waals surface area (Å²) in [6.45, 7) is 2.04. The second-order valence-electron chi connectivity index (χ2n) is 4.64. The highest BCUT2D eigenvalue weighted by molar-refractivity contribution is 5.83. The third-order valence-corrected chi connectivity index (χ3v) is 2.84. The minimum atomic E-state index is -1.22. The number of hydrogen-bond donors (Lipinski definition) is 4. The number of carbonyl (C=O) groups excluding carboxylic acids is 2. The fraction of sp³-hybridized carbons (Fsp3) is 0.500. The van der Waals surface area contributed by atoms with Gasteiger partial charge in [0.15, 0.2) is 0 Å². The second-order valence-corrected chi connectivity index (χ2v) is 4.64. The molecule has 0 saturated heterocycles. The number of aliphatic carboxylic acids is 1. The summed E-state index contributed by atoms with van der Waals surface area (Å²) in [5.74, 6) is -1.83. The Morgan fingerprint density at radius 2 is 2.14 bits per heavy atom. The van der Waals surface area contributed by atoms with Crippen LogP contribution in [-0.2, 0) is 23.2 Å². The number of aryl methyl sites for hydroxylation is 2. The van der Waals surface area contributed by atoms with Crippen LogP contribution in [0.15, 0.2) is 6.20 Å². The number of amides is 3. The first-order chi connectivity index (χ1) is 9.79. The fourth-order valence-corrected chi connectivity index (χ4v) is 1.75. The molecular weight excluding hydrogens is 278 g/mol. The summed E-state index contributed by atoms with van der Waals surface area (Å²) >= 11 is 0. The van der Waals surface area contributed by atoms with E-state index in [0.29, 0.717) is 0 Å². The van der Waals surface area contributed by atoms with Gasteiger partial charge in [-0.05, 0) is 13.3 Å². The molecule has 1 heterocycles. The molecule has 1 rings (SSSR count). The minimum absolute atomic E-state index is 0.0516. The predicted molar refractivity (Wildman–Crippen MR) is 73.2 cm³/mol. The number of aromatic nitrogens is 2. The Bertz CT molecular complexity index is 540. The molecule has 0 spiro atoms. The van der Waals surface area contributed by atoms with Gasteiger partial charge in [-0.25, -0.2) is 9.59 Å². The highest BCUT2D eigenvalue weighted by Crippen LogP contribution is 2.03. The lowest BCUT2D eigenvalue weighted by Gasteiger charge is -2.14. The van der Waals surface area contributed by atoms with Gasteiger partial charge >= 0.3 is 12.0 Å². The fourth-order valence-electron chi connectivity index (χ4n) is 1.75. The van der Waals surface area contributed by atoms with Crippen LogP contribution in [0.5, 0.6) is 0 Å². The maximum atomic E-state index is 11.7. The zero-order chi connectivity index (χ0) is 16.0. The SMILES string of the molecule is Cc1nn(C)cc1CNC(=O)N[C@@H](CCC(N)=O)C(=O)O. The molecule has 0 bridgehead atoms. The summed E-state index contributed by atoms with van der Waals surface area (Å²) in [4.78, 5) is 33.3. The van der Waals surface area contributed by atoms with Crippen LogP contribution in [0.4, 0.5) is 4.79 Å². The lowest BCUT2D eigenvalue weighted by molar-refractivity contribution is -0.139. The Balaban J connectivity index is 2.48. The van der Waals surface area contributed by atoms with E-state index in [0.717, 1.165) is 11.3 Å². The van der Waals surface area contributed by atoms with Crippen molar-refractivity contribution >= 4 is 17.9 Å². The average Bonchev–Trinajstić information content (AvgIpc) is 2.69. The number of urea groups is 1. The third-order valence-electron chi connectivity index (χ3n) is 2.84. The summed E-state index contributed by atoms with van der Waals surface area (Å²) in [6.07, 6.45) is 1.60. The molecular formula is C12H19N5O4. The molecule has 0 aliphatic rings. The average molecular weight is 297 g/mol. The Morgan fingerprint density at radius 1 is 1.48 bits per heavy atom. The molecule has 3 amide bonds. The minimum Gasteiger partial charge on any atom is -0.480 e. The maximum absolute atomic E-state index is 11.7. The topological polar surface area (TPSA) is 139 Å². The van der Waals surface area contributed by atoms with E-state index in [-0.39, 0.29) is 19.4 Å². The van der Waals surface area contributed by atoms with Crippen molar-refractivity contribution in [1.29, 1.82) is 0 Å². The molecule has 9 heteroatoms. The largest absolute Gasteiger partial charge is 0.480 e. The molecule has 9 nitrogen and oxygen atoms in total. The monoisotopic (exact) mass is 297 g/mol. The summed E-state index contributed by atoms with van der Waals surface area (Å²) in [7, 11) is 1.76. The van der Waals surface area contributed by atoms with E-state index >= 15 is 0 Å². The second kappa shape index (κ2) is 7.27. The van der Waals surface area contributed by atoms with Gasteiger partial charge in [-0.3, -0.25) is 9.48 Å². The molecule has 5 N–H and O–H groups in total. The van der Waals surface area contributed by atoms with Gasteiger partial charge in [0.2, 0.25) is 5.91 Å². The van der Waals surface area contributed by atoms with Crippen molar-refractivity contribution in [2.75, 3.05) is 0 Å². The van der Waals surface area contributed by atoms with Gasteiger partial charge in [0.25, 0.3) is 0 Å². The van der Waals surface area contributed by atoms with Crippen LogP contribution in [0.25, 0.3) is 0 Å². The van der Waals surface area contributed by atoms with E-state index < -0.39 is 23.9 Å². The number of hydrogen-bond acceptors (Lipinski definition) is 4. The number of primary amides is 1. The first kappa shape index (κ1) is 16.5. The van der Waals surface area contributed by atoms with E-state index in [1.54, 1.807) is 17.9 Å². The maximum Gasteiger partial charge on any atom is 0.326 e. The number of carboxylic acid groups (broad SMARTS) is 1. The van der Waals surface area contributed by atoms with Crippen molar-refractivity contribution < 1.29 is 19.5 Å². The van der Waals surface area contributed by atoms with Gasteiger partial charge < -0.3 is 21.5 Å². The number of carbonyl (C=O) groups is 3. The lowest BCUT2D eigenvalue weighted by atomic mass is 10.1. The van der Waals surface area contributed by atoms with E-state index in [2.05, 4.69) is 15.7 Å². The first-order valence-electron chi connectivity index (χ1n) is 6.34. The number of carboxylic acids is 1. The molecule has 0 fully saturated rings. The Labute approximate surface area is 121 Å². The molecule has 0 saturated carbocycles. The van der Waals surface area contributed by atoms with E-state index in [1.807, 2.05) is 6.92 Å². The van der Waals surface area contributed by atoms with Crippen molar-refractivity contribution in [3.8, 4) is 0 Å². The molecule has 1 atom stereocenters. The van der Waals surface area contributed by atoms with Gasteiger partial charge in [0, 0.05) is 31.8 Å². The van der Waals surface area contributed by atoms with Gasteiger partial charge in [-0.1, -0.05) is 0 Å².